The topological polar surface area (TPSA) is 169 Å². The number of halogens is 1. The molecule has 0 bridgehead atoms. The van der Waals surface area contributed by atoms with Crippen LogP contribution < -0.4 is 14.8 Å². The van der Waals surface area contributed by atoms with Crippen molar-refractivity contribution in [2.45, 2.75) is 116 Å². The predicted octanol–water partition coefficient (Wildman–Crippen LogP) is 4.41. The summed E-state index contributed by atoms with van der Waals surface area (Å²) in [5.74, 6) is -2.53. The maximum absolute atomic E-state index is 14.4. The summed E-state index contributed by atoms with van der Waals surface area (Å²) in [5.41, 5.74) is -1.10. The van der Waals surface area contributed by atoms with E-state index in [2.05, 4.69) is 15.0 Å². The summed E-state index contributed by atoms with van der Waals surface area (Å²) >= 11 is 0. The summed E-state index contributed by atoms with van der Waals surface area (Å²) in [6, 6.07) is 2.27. The Morgan fingerprint density at radius 3 is 2.54 bits per heavy atom. The minimum atomic E-state index is -4.14. The highest BCUT2D eigenvalue weighted by atomic mass is 32.2. The molecule has 1 aromatic heterocycles. The van der Waals surface area contributed by atoms with Crippen molar-refractivity contribution < 1.29 is 41.5 Å². The van der Waals surface area contributed by atoms with E-state index in [-0.39, 0.29) is 43.8 Å². The first-order valence-electron chi connectivity index (χ1n) is 17.9. The average molecular weight is 747 g/mol. The Balaban J connectivity index is 1.50. The zero-order chi connectivity index (χ0) is 38.2. The summed E-state index contributed by atoms with van der Waals surface area (Å²) in [4.78, 5) is 61.4. The molecule has 5 rings (SSSR count). The molecule has 2 aromatic rings. The number of aromatic nitrogens is 2. The fourth-order valence-corrected chi connectivity index (χ4v) is 7.66. The third-order valence-corrected chi connectivity index (χ3v) is 11.2. The van der Waals surface area contributed by atoms with Gasteiger partial charge in [-0.1, -0.05) is 25.0 Å². The smallest absolute Gasteiger partial charge is 0.408 e. The molecule has 52 heavy (non-hydrogen) atoms. The van der Waals surface area contributed by atoms with E-state index in [1.54, 1.807) is 26.8 Å². The maximum Gasteiger partial charge on any atom is 0.408 e. The van der Waals surface area contributed by atoms with Crippen LogP contribution in [0.15, 0.2) is 30.4 Å². The number of carbonyl (C=O) groups excluding carboxylic acids is 4. The van der Waals surface area contributed by atoms with Gasteiger partial charge in [0.1, 0.15) is 23.6 Å². The molecule has 3 aliphatic rings. The molecule has 14 nitrogen and oxygen atoms in total. The van der Waals surface area contributed by atoms with Crippen molar-refractivity contribution in [2.75, 3.05) is 20.6 Å². The largest absolute Gasteiger partial charge is 0.459 e. The van der Waals surface area contributed by atoms with Crippen LogP contribution >= 0.6 is 0 Å². The van der Waals surface area contributed by atoms with E-state index in [0.717, 1.165) is 17.1 Å². The van der Waals surface area contributed by atoms with Crippen LogP contribution in [0.3, 0.4) is 0 Å². The number of benzene rings is 1. The number of fused-ring (bicyclic) bond motifs is 3. The summed E-state index contributed by atoms with van der Waals surface area (Å²) in [7, 11) is -1.54. The molecule has 3 heterocycles. The van der Waals surface area contributed by atoms with Gasteiger partial charge < -0.3 is 19.7 Å². The molecule has 16 heteroatoms. The normalized spacial score (nSPS) is 26.7. The van der Waals surface area contributed by atoms with Crippen LogP contribution in [0, 0.1) is 17.2 Å². The van der Waals surface area contributed by atoms with Crippen molar-refractivity contribution in [3.63, 3.8) is 0 Å². The van der Waals surface area contributed by atoms with Gasteiger partial charge in [0.05, 0.1) is 29.0 Å². The van der Waals surface area contributed by atoms with E-state index < -0.39 is 68.9 Å². The minimum Gasteiger partial charge on any atom is -0.459 e. The van der Waals surface area contributed by atoms with Crippen LogP contribution in [0.1, 0.15) is 92.0 Å². The van der Waals surface area contributed by atoms with Gasteiger partial charge in [0.25, 0.3) is 6.01 Å². The highest BCUT2D eigenvalue weighted by Crippen LogP contribution is 2.57. The second kappa shape index (κ2) is 15.1. The van der Waals surface area contributed by atoms with Crippen molar-refractivity contribution in [3.05, 3.63) is 36.2 Å². The molecular formula is C36H51FN6O8S. The number of ether oxygens (including phenoxy) is 2. The molecule has 1 aromatic carbocycles. The molecule has 5 atom stereocenters. The highest BCUT2D eigenvalue weighted by Gasteiger charge is 2.61. The number of carbonyl (C=O) groups is 4. The highest BCUT2D eigenvalue weighted by molar-refractivity contribution is 7.87. The Hall–Kier alpha value is -4.05. The van der Waals surface area contributed by atoms with Crippen LogP contribution in [-0.2, 0) is 29.3 Å². The van der Waals surface area contributed by atoms with E-state index in [1.807, 2.05) is 30.6 Å². The number of rotatable bonds is 7. The molecular weight excluding hydrogens is 695 g/mol. The van der Waals surface area contributed by atoms with Crippen LogP contribution in [0.25, 0.3) is 11.0 Å². The van der Waals surface area contributed by atoms with E-state index in [4.69, 9.17) is 9.47 Å². The Morgan fingerprint density at radius 1 is 1.13 bits per heavy atom. The van der Waals surface area contributed by atoms with Gasteiger partial charge in [0, 0.05) is 39.0 Å². The SMILES string of the molecule is CC(C)n1c(O[C@@H]2C[C@H]3C(=O)C[C@]4(C(=O)NS(=O)(=O)N(C)C)C[C@H]4/C=C\CCCCC[C@H](NC(=O)OC(C)(C)C)C(=O)N3C2)nc2cc(F)ccc21. The monoisotopic (exact) mass is 746 g/mol. The van der Waals surface area contributed by atoms with Crippen molar-refractivity contribution in [3.8, 4) is 6.01 Å². The lowest BCUT2D eigenvalue weighted by Crippen LogP contribution is -2.53. The Labute approximate surface area is 304 Å². The first-order chi connectivity index (χ1) is 24.3. The molecule has 0 spiro atoms. The molecule has 1 saturated carbocycles. The number of imidazole rings is 1. The van der Waals surface area contributed by atoms with Gasteiger partial charge in [-0.25, -0.2) is 13.9 Å². The standard InChI is InChI=1S/C36H51FN6O8S/c1-22(2)43-28-16-15-24(37)17-27(28)38-33(43)50-25-18-29-30(44)20-36(32(46)40-52(48,49)41(6)7)19-23(36)13-11-9-8-10-12-14-26(31(45)42(29)21-25)39-34(47)51-35(3,4)5/h11,13,15-17,22-23,25-26,29H,8-10,12,14,18-21H2,1-7H3,(H,39,47)(H,40,46)/b13-11-/t23-,25-,26+,29+,36-/m1/s1. The van der Waals surface area contributed by atoms with E-state index in [9.17, 15) is 32.0 Å². The molecule has 286 valence electrons. The van der Waals surface area contributed by atoms with Crippen LogP contribution in [0.4, 0.5) is 9.18 Å². The van der Waals surface area contributed by atoms with E-state index >= 15 is 0 Å². The van der Waals surface area contributed by atoms with Crippen LogP contribution in [0.2, 0.25) is 0 Å². The third kappa shape index (κ3) is 8.76. The van der Waals surface area contributed by atoms with Gasteiger partial charge in [0.15, 0.2) is 5.78 Å². The van der Waals surface area contributed by atoms with Gasteiger partial charge in [-0.15, -0.1) is 0 Å². The van der Waals surface area contributed by atoms with Crippen molar-refractivity contribution >= 4 is 44.9 Å². The second-order valence-corrected chi connectivity index (χ2v) is 17.5. The van der Waals surface area contributed by atoms with Crippen LogP contribution in [-0.4, -0.2) is 95.3 Å². The first-order valence-corrected chi connectivity index (χ1v) is 19.3. The lowest BCUT2D eigenvalue weighted by Gasteiger charge is -2.30. The predicted molar refractivity (Wildman–Crippen MR) is 191 cm³/mol. The van der Waals surface area contributed by atoms with Gasteiger partial charge in [0.2, 0.25) is 11.8 Å². The molecule has 1 aliphatic carbocycles. The lowest BCUT2D eigenvalue weighted by molar-refractivity contribution is -0.140. The number of hydrogen-bond donors (Lipinski definition) is 2. The van der Waals surface area contributed by atoms with Gasteiger partial charge >= 0.3 is 16.3 Å². The Kier molecular flexibility index (Phi) is 11.4. The van der Waals surface area contributed by atoms with E-state index in [0.29, 0.717) is 30.3 Å². The molecule has 1 saturated heterocycles. The number of nitrogens with zero attached hydrogens (tertiary/aromatic N) is 4. The number of ketones is 1. The zero-order valence-electron chi connectivity index (χ0n) is 31.0. The number of nitrogens with one attached hydrogen (secondary N) is 2. The first kappa shape index (κ1) is 39.2. The molecule has 2 fully saturated rings. The average Bonchev–Trinajstić information content (AvgIpc) is 3.37. The number of allylic oxidation sites excluding steroid dienone is 2. The summed E-state index contributed by atoms with van der Waals surface area (Å²) < 4.78 is 56.2. The maximum atomic E-state index is 14.4. The fourth-order valence-electron chi connectivity index (χ4n) is 7.04. The quantitative estimate of drug-likeness (QED) is 0.390. The van der Waals surface area contributed by atoms with Crippen molar-refractivity contribution in [1.29, 1.82) is 0 Å². The van der Waals surface area contributed by atoms with Gasteiger partial charge in [-0.05, 0) is 78.4 Å². The Morgan fingerprint density at radius 2 is 1.87 bits per heavy atom. The molecule has 0 unspecified atom stereocenters. The second-order valence-electron chi connectivity index (χ2n) is 15.6. The fraction of sp³-hybridized carbons (Fsp3) is 0.639. The number of Topliss-reactive ketones (excluding diaryl/α,β-unsaturated/α-hetero) is 1. The molecule has 0 radical (unpaired) electrons. The number of hydrogen-bond acceptors (Lipinski definition) is 9. The third-order valence-electron chi connectivity index (χ3n) is 9.82. The summed E-state index contributed by atoms with van der Waals surface area (Å²) in [6.07, 6.45) is 5.48. The van der Waals surface area contributed by atoms with Gasteiger partial charge in [-0.3, -0.25) is 19.0 Å². The zero-order valence-corrected chi connectivity index (χ0v) is 31.8. The minimum absolute atomic E-state index is 0.0328. The number of amides is 3. The molecule has 2 aliphatic heterocycles. The molecule has 2 N–H and O–H groups in total. The van der Waals surface area contributed by atoms with Crippen molar-refractivity contribution in [2.24, 2.45) is 11.3 Å². The summed E-state index contributed by atoms with van der Waals surface area (Å²) in [6.45, 7) is 8.98. The van der Waals surface area contributed by atoms with Crippen LogP contribution in [0.5, 0.6) is 6.01 Å². The Bertz CT molecular complexity index is 1840. The number of alkyl carbamates (subject to hydrolysis) is 1. The van der Waals surface area contributed by atoms with Crippen molar-refractivity contribution in [1.82, 2.24) is 28.8 Å². The summed E-state index contributed by atoms with van der Waals surface area (Å²) in [5, 5.41) is 2.73. The lowest BCUT2D eigenvalue weighted by atomic mass is 9.91. The van der Waals surface area contributed by atoms with Gasteiger partial charge in [-0.2, -0.15) is 17.7 Å². The van der Waals surface area contributed by atoms with E-state index in [1.165, 1.54) is 31.1 Å². The molecule has 3 amide bonds.